The number of aliphatic carboxylic acids is 1. The molecule has 0 radical (unpaired) electrons. The first-order valence-corrected chi connectivity index (χ1v) is 4.66. The fourth-order valence-electron chi connectivity index (χ4n) is 0.979. The van der Waals surface area contributed by atoms with Crippen molar-refractivity contribution in [2.24, 2.45) is 0 Å². The number of rotatable bonds is 3. The average molecular weight is 227 g/mol. The van der Waals surface area contributed by atoms with E-state index < -0.39 is 17.9 Å². The lowest BCUT2D eigenvalue weighted by Crippen LogP contribution is -2.45. The molecule has 1 aromatic rings. The molecule has 0 aliphatic carbocycles. The van der Waals surface area contributed by atoms with Gasteiger partial charge in [0.2, 0.25) is 0 Å². The number of amides is 1. The molecule has 0 fully saturated rings. The Kier molecular flexibility index (Phi) is 3.68. The molecule has 1 rings (SSSR count). The van der Waals surface area contributed by atoms with Crippen LogP contribution in [0.1, 0.15) is 17.3 Å². The van der Waals surface area contributed by atoms with E-state index in [1.54, 1.807) is 18.2 Å². The lowest BCUT2D eigenvalue weighted by Gasteiger charge is -2.14. The maximum absolute atomic E-state index is 11.5. The number of carboxylic acid groups (broad SMARTS) is 1. The molecule has 1 aromatic carbocycles. The van der Waals surface area contributed by atoms with Gasteiger partial charge in [-0.25, -0.2) is 0 Å². The van der Waals surface area contributed by atoms with E-state index in [9.17, 15) is 14.7 Å². The number of carbonyl (C=O) groups is 2. The van der Waals surface area contributed by atoms with E-state index in [1.165, 1.54) is 13.0 Å². The van der Waals surface area contributed by atoms with Crippen LogP contribution in [0.5, 0.6) is 0 Å². The second-order valence-electron chi connectivity index (χ2n) is 2.99. The Morgan fingerprint density at radius 2 is 2.00 bits per heavy atom. The number of halogens is 1. The lowest BCUT2D eigenvalue weighted by atomic mass is 10.2. The Balaban J connectivity index is 2.78. The zero-order valence-electron chi connectivity index (χ0n) is 7.99. The minimum atomic E-state index is -1.34. The van der Waals surface area contributed by atoms with Crippen LogP contribution in [0.2, 0.25) is 5.02 Å². The van der Waals surface area contributed by atoms with Crippen LogP contribution >= 0.6 is 11.6 Å². The molecule has 1 unspecified atom stereocenters. The summed E-state index contributed by atoms with van der Waals surface area (Å²) in [6, 6.07) is 5.35. The predicted molar refractivity (Wildman–Crippen MR) is 53.4 cm³/mol. The normalized spacial score (nSPS) is 11.9. The quantitative estimate of drug-likeness (QED) is 0.801. The highest BCUT2D eigenvalue weighted by molar-refractivity contribution is 6.33. The summed E-state index contributed by atoms with van der Waals surface area (Å²) >= 11 is 5.76. The summed E-state index contributed by atoms with van der Waals surface area (Å²) in [5.74, 6) is -1.87. The maximum atomic E-state index is 11.5. The first kappa shape index (κ1) is 11.5. The zero-order valence-corrected chi connectivity index (χ0v) is 8.75. The van der Waals surface area contributed by atoms with Crippen molar-refractivity contribution in [2.45, 2.75) is 13.0 Å². The molecule has 5 heteroatoms. The Labute approximate surface area is 91.9 Å². The van der Waals surface area contributed by atoms with Gasteiger partial charge in [0.1, 0.15) is 0 Å². The van der Waals surface area contributed by atoms with Gasteiger partial charge in [-0.2, -0.15) is 0 Å². The molecule has 0 saturated heterocycles. The smallest absolute Gasteiger partial charge is 0.253 e. The van der Waals surface area contributed by atoms with Crippen molar-refractivity contribution in [1.82, 2.24) is 5.32 Å². The Hall–Kier alpha value is -1.55. The highest BCUT2D eigenvalue weighted by Crippen LogP contribution is 2.14. The largest absolute Gasteiger partial charge is 0.548 e. The van der Waals surface area contributed by atoms with Gasteiger partial charge in [-0.05, 0) is 19.1 Å². The van der Waals surface area contributed by atoms with Crippen molar-refractivity contribution < 1.29 is 14.7 Å². The van der Waals surface area contributed by atoms with Gasteiger partial charge in [0, 0.05) is 0 Å². The molecule has 0 heterocycles. The third-order valence-electron chi connectivity index (χ3n) is 1.82. The Bertz CT molecular complexity index is 392. The molecule has 0 aliphatic rings. The molecular weight excluding hydrogens is 218 g/mol. The van der Waals surface area contributed by atoms with E-state index in [-0.39, 0.29) is 10.6 Å². The van der Waals surface area contributed by atoms with Crippen LogP contribution in [0.15, 0.2) is 24.3 Å². The molecule has 1 N–H and O–H groups in total. The van der Waals surface area contributed by atoms with E-state index >= 15 is 0 Å². The van der Waals surface area contributed by atoms with E-state index in [0.717, 1.165) is 0 Å². The highest BCUT2D eigenvalue weighted by Gasteiger charge is 2.12. The second-order valence-corrected chi connectivity index (χ2v) is 3.40. The van der Waals surface area contributed by atoms with Crippen molar-refractivity contribution in [3.63, 3.8) is 0 Å². The monoisotopic (exact) mass is 226 g/mol. The molecule has 0 bridgehead atoms. The fraction of sp³-hybridized carbons (Fsp3) is 0.200. The van der Waals surface area contributed by atoms with Crippen molar-refractivity contribution in [3.8, 4) is 0 Å². The third-order valence-corrected chi connectivity index (χ3v) is 2.15. The molecule has 0 aliphatic heterocycles. The van der Waals surface area contributed by atoms with Gasteiger partial charge in [-0.15, -0.1) is 0 Å². The predicted octanol–water partition coefficient (Wildman–Crippen LogP) is 0.208. The van der Waals surface area contributed by atoms with Gasteiger partial charge >= 0.3 is 0 Å². The Morgan fingerprint density at radius 3 is 2.53 bits per heavy atom. The molecule has 1 atom stereocenters. The maximum Gasteiger partial charge on any atom is 0.253 e. The van der Waals surface area contributed by atoms with Crippen LogP contribution in [0.3, 0.4) is 0 Å². The SMILES string of the molecule is CC(NC(=O)c1ccccc1Cl)C(=O)[O-]. The van der Waals surface area contributed by atoms with Gasteiger partial charge in [-0.1, -0.05) is 23.7 Å². The number of benzene rings is 1. The number of nitrogens with one attached hydrogen (secondary N) is 1. The van der Waals surface area contributed by atoms with Gasteiger partial charge in [0.15, 0.2) is 0 Å². The summed E-state index contributed by atoms with van der Waals surface area (Å²) in [6.45, 7) is 1.32. The van der Waals surface area contributed by atoms with Crippen LogP contribution in [-0.2, 0) is 4.79 Å². The molecule has 0 aromatic heterocycles. The van der Waals surface area contributed by atoms with E-state index in [2.05, 4.69) is 5.32 Å². The summed E-state index contributed by atoms with van der Waals surface area (Å²) < 4.78 is 0. The summed E-state index contributed by atoms with van der Waals surface area (Å²) in [4.78, 5) is 21.9. The van der Waals surface area contributed by atoms with Crippen molar-refractivity contribution in [1.29, 1.82) is 0 Å². The average Bonchev–Trinajstić information content (AvgIpc) is 2.18. The summed E-state index contributed by atoms with van der Waals surface area (Å²) in [6.07, 6.45) is 0. The number of carboxylic acids is 1. The number of hydrogen-bond donors (Lipinski definition) is 1. The van der Waals surface area contributed by atoms with Crippen molar-refractivity contribution in [3.05, 3.63) is 34.9 Å². The highest BCUT2D eigenvalue weighted by atomic mass is 35.5. The van der Waals surface area contributed by atoms with E-state index in [1.807, 2.05) is 0 Å². The van der Waals surface area contributed by atoms with E-state index in [0.29, 0.717) is 0 Å². The van der Waals surface area contributed by atoms with Gasteiger partial charge in [0.25, 0.3) is 5.91 Å². The second kappa shape index (κ2) is 4.79. The summed E-state index contributed by atoms with van der Waals surface area (Å²) in [5.41, 5.74) is 0.243. The minimum absolute atomic E-state index is 0.243. The van der Waals surface area contributed by atoms with E-state index in [4.69, 9.17) is 11.6 Å². The zero-order chi connectivity index (χ0) is 11.4. The number of hydrogen-bond acceptors (Lipinski definition) is 3. The van der Waals surface area contributed by atoms with Crippen molar-refractivity contribution >= 4 is 23.5 Å². The Morgan fingerprint density at radius 1 is 1.40 bits per heavy atom. The minimum Gasteiger partial charge on any atom is -0.548 e. The van der Waals surface area contributed by atoms with Crippen molar-refractivity contribution in [2.75, 3.05) is 0 Å². The molecule has 0 spiro atoms. The molecular formula is C10H9ClNO3-. The summed E-state index contributed by atoms with van der Waals surface area (Å²) in [7, 11) is 0. The van der Waals surface area contributed by atoms with Gasteiger partial charge in [-0.3, -0.25) is 4.79 Å². The van der Waals surface area contributed by atoms with Crippen LogP contribution < -0.4 is 10.4 Å². The topological polar surface area (TPSA) is 69.2 Å². The number of carbonyl (C=O) groups excluding carboxylic acids is 2. The molecule has 0 saturated carbocycles. The fourth-order valence-corrected chi connectivity index (χ4v) is 1.20. The molecule has 15 heavy (non-hydrogen) atoms. The van der Waals surface area contributed by atoms with Crippen LogP contribution in [-0.4, -0.2) is 17.9 Å². The first-order chi connectivity index (χ1) is 7.02. The third kappa shape index (κ3) is 2.95. The van der Waals surface area contributed by atoms with Gasteiger partial charge in [0.05, 0.1) is 22.6 Å². The summed E-state index contributed by atoms with van der Waals surface area (Å²) in [5, 5.41) is 12.9. The van der Waals surface area contributed by atoms with Gasteiger partial charge < -0.3 is 15.2 Å². The standard InChI is InChI=1S/C10H10ClNO3/c1-6(10(14)15)12-9(13)7-4-2-3-5-8(7)11/h2-6H,1H3,(H,12,13)(H,14,15)/p-1. The van der Waals surface area contributed by atoms with Crippen LogP contribution in [0.4, 0.5) is 0 Å². The van der Waals surface area contributed by atoms with Crippen LogP contribution in [0, 0.1) is 0 Å². The molecule has 80 valence electrons. The lowest BCUT2D eigenvalue weighted by molar-refractivity contribution is -0.307. The molecule has 4 nitrogen and oxygen atoms in total. The molecule has 1 amide bonds. The van der Waals surface area contributed by atoms with Crippen LogP contribution in [0.25, 0.3) is 0 Å². The first-order valence-electron chi connectivity index (χ1n) is 4.28.